The van der Waals surface area contributed by atoms with Crippen molar-refractivity contribution in [2.24, 2.45) is 5.73 Å². The van der Waals surface area contributed by atoms with Crippen molar-refractivity contribution >= 4 is 23.6 Å². The Hall–Kier alpha value is -2.97. The summed E-state index contributed by atoms with van der Waals surface area (Å²) in [4.78, 5) is 11.2. The Kier molecular flexibility index (Phi) is 6.04. The maximum Gasteiger partial charge on any atom is 0.259 e. The summed E-state index contributed by atoms with van der Waals surface area (Å²) in [6.45, 7) is 2.34. The molecule has 2 aromatic carbocycles. The molecule has 0 aliphatic carbocycles. The van der Waals surface area contributed by atoms with E-state index in [1.54, 1.807) is 18.2 Å². The molecule has 6 heteroatoms. The molecule has 5 nitrogen and oxygen atoms in total. The summed E-state index contributed by atoms with van der Waals surface area (Å²) in [6, 6.07) is 12.9. The lowest BCUT2D eigenvalue weighted by atomic mass is 10.1. The zero-order chi connectivity index (χ0) is 18.4. The van der Waals surface area contributed by atoms with E-state index in [0.717, 1.165) is 5.56 Å². The van der Waals surface area contributed by atoms with Crippen LogP contribution in [0.15, 0.2) is 42.0 Å². The van der Waals surface area contributed by atoms with Gasteiger partial charge in [0.2, 0.25) is 0 Å². The van der Waals surface area contributed by atoms with Gasteiger partial charge in [-0.1, -0.05) is 41.4 Å². The van der Waals surface area contributed by atoms with Gasteiger partial charge in [0.05, 0.1) is 12.1 Å². The molecule has 1 amide bonds. The molecule has 25 heavy (non-hydrogen) atoms. The van der Waals surface area contributed by atoms with Gasteiger partial charge in [-0.2, -0.15) is 5.26 Å². The van der Waals surface area contributed by atoms with Gasteiger partial charge in [-0.3, -0.25) is 4.79 Å². The third kappa shape index (κ3) is 4.75. The minimum absolute atomic E-state index is 0.175. The third-order valence-electron chi connectivity index (χ3n) is 3.45. The van der Waals surface area contributed by atoms with Crippen molar-refractivity contribution in [3.63, 3.8) is 0 Å². The second-order valence-electron chi connectivity index (χ2n) is 5.34. The predicted octanol–water partition coefficient (Wildman–Crippen LogP) is 3.63. The van der Waals surface area contributed by atoms with Gasteiger partial charge in [-0.05, 0) is 36.3 Å². The molecule has 128 valence electrons. The minimum Gasteiger partial charge on any atom is -0.493 e. The molecular weight excluding hydrogens is 340 g/mol. The van der Waals surface area contributed by atoms with Gasteiger partial charge in [-0.15, -0.1) is 0 Å². The van der Waals surface area contributed by atoms with Crippen molar-refractivity contribution in [3.8, 4) is 17.6 Å². The fraction of sp³-hybridized carbons (Fsp3) is 0.158. The highest BCUT2D eigenvalue weighted by Gasteiger charge is 2.13. The van der Waals surface area contributed by atoms with Gasteiger partial charge in [0, 0.05) is 0 Å². The average molecular weight is 357 g/mol. The first-order valence-electron chi connectivity index (χ1n) is 7.42. The van der Waals surface area contributed by atoms with E-state index in [0.29, 0.717) is 28.7 Å². The molecule has 2 rings (SSSR count). The van der Waals surface area contributed by atoms with Crippen molar-refractivity contribution in [1.82, 2.24) is 0 Å². The molecule has 0 unspecified atom stereocenters. The van der Waals surface area contributed by atoms with E-state index in [9.17, 15) is 4.79 Å². The molecular formula is C19H17ClN2O3. The number of hydrogen-bond acceptors (Lipinski definition) is 4. The SMILES string of the molecule is COc1cc(C=C(C#N)C(N)=O)cc(Cl)c1OCc1ccc(C)cc1. The highest BCUT2D eigenvalue weighted by Crippen LogP contribution is 2.37. The van der Waals surface area contributed by atoms with Crippen LogP contribution in [0.3, 0.4) is 0 Å². The monoisotopic (exact) mass is 356 g/mol. The first kappa shape index (κ1) is 18.4. The summed E-state index contributed by atoms with van der Waals surface area (Å²) in [5.41, 5.74) is 7.64. The van der Waals surface area contributed by atoms with Crippen LogP contribution < -0.4 is 15.2 Å². The number of halogens is 1. The number of ether oxygens (including phenoxy) is 2. The van der Waals surface area contributed by atoms with Crippen LogP contribution in [-0.2, 0) is 11.4 Å². The van der Waals surface area contributed by atoms with Gasteiger partial charge in [0.1, 0.15) is 18.2 Å². The van der Waals surface area contributed by atoms with Gasteiger partial charge in [-0.25, -0.2) is 0 Å². The molecule has 0 aromatic heterocycles. The highest BCUT2D eigenvalue weighted by molar-refractivity contribution is 6.32. The molecule has 2 N–H and O–H groups in total. The highest BCUT2D eigenvalue weighted by atomic mass is 35.5. The van der Waals surface area contributed by atoms with Crippen LogP contribution in [0.5, 0.6) is 11.5 Å². The van der Waals surface area contributed by atoms with E-state index < -0.39 is 5.91 Å². The summed E-state index contributed by atoms with van der Waals surface area (Å²) in [7, 11) is 1.48. The predicted molar refractivity (Wildman–Crippen MR) is 96.3 cm³/mol. The quantitative estimate of drug-likeness (QED) is 0.632. The zero-order valence-corrected chi connectivity index (χ0v) is 14.6. The van der Waals surface area contributed by atoms with E-state index in [2.05, 4.69) is 0 Å². The molecule has 0 aliphatic rings. The van der Waals surface area contributed by atoms with E-state index >= 15 is 0 Å². The fourth-order valence-electron chi connectivity index (χ4n) is 2.13. The zero-order valence-electron chi connectivity index (χ0n) is 13.9. The van der Waals surface area contributed by atoms with Crippen molar-refractivity contribution in [2.75, 3.05) is 7.11 Å². The Bertz CT molecular complexity index is 852. The molecule has 0 spiro atoms. The number of nitriles is 1. The fourth-order valence-corrected chi connectivity index (χ4v) is 2.40. The number of nitrogens with zero attached hydrogens (tertiary/aromatic N) is 1. The van der Waals surface area contributed by atoms with Crippen molar-refractivity contribution < 1.29 is 14.3 Å². The molecule has 0 atom stereocenters. The summed E-state index contributed by atoms with van der Waals surface area (Å²) in [6.07, 6.45) is 1.35. The molecule has 0 fully saturated rings. The summed E-state index contributed by atoms with van der Waals surface area (Å²) in [5, 5.41) is 9.23. The van der Waals surface area contributed by atoms with E-state index in [4.69, 9.17) is 32.1 Å². The lowest BCUT2D eigenvalue weighted by Gasteiger charge is -2.13. The van der Waals surface area contributed by atoms with Crippen LogP contribution in [0.4, 0.5) is 0 Å². The van der Waals surface area contributed by atoms with Crippen molar-refractivity contribution in [2.45, 2.75) is 13.5 Å². The third-order valence-corrected chi connectivity index (χ3v) is 3.73. The smallest absolute Gasteiger partial charge is 0.259 e. The summed E-state index contributed by atoms with van der Waals surface area (Å²) < 4.78 is 11.1. The molecule has 2 aromatic rings. The number of carbonyl (C=O) groups excluding carboxylic acids is 1. The van der Waals surface area contributed by atoms with Gasteiger partial charge < -0.3 is 15.2 Å². The molecule has 0 bridgehead atoms. The van der Waals surface area contributed by atoms with Crippen molar-refractivity contribution in [1.29, 1.82) is 5.26 Å². The molecule has 0 saturated heterocycles. The number of methoxy groups -OCH3 is 1. The van der Waals surface area contributed by atoms with Crippen LogP contribution in [0.2, 0.25) is 5.02 Å². The van der Waals surface area contributed by atoms with Crippen LogP contribution in [-0.4, -0.2) is 13.0 Å². The second-order valence-corrected chi connectivity index (χ2v) is 5.75. The molecule has 0 aliphatic heterocycles. The van der Waals surface area contributed by atoms with E-state index in [1.807, 2.05) is 31.2 Å². The lowest BCUT2D eigenvalue weighted by Crippen LogP contribution is -2.12. The number of hydrogen-bond donors (Lipinski definition) is 1. The molecule has 0 saturated carbocycles. The number of nitrogens with two attached hydrogens (primary N) is 1. The first-order valence-corrected chi connectivity index (χ1v) is 7.80. The van der Waals surface area contributed by atoms with E-state index in [-0.39, 0.29) is 5.57 Å². The Labute approximate surface area is 151 Å². The normalized spacial score (nSPS) is 10.9. The van der Waals surface area contributed by atoms with E-state index in [1.165, 1.54) is 18.7 Å². The second kappa shape index (κ2) is 8.22. The van der Waals surface area contributed by atoms with Crippen molar-refractivity contribution in [3.05, 3.63) is 63.7 Å². The Morgan fingerprint density at radius 2 is 2.00 bits per heavy atom. The maximum atomic E-state index is 11.2. The number of benzene rings is 2. The molecule has 0 radical (unpaired) electrons. The standard InChI is InChI=1S/C19H17ClN2O3/c1-12-3-5-13(6-4-12)11-25-18-16(20)8-14(9-17(18)24-2)7-15(10-21)19(22)23/h3-9H,11H2,1-2H3,(H2,22,23). The number of rotatable bonds is 6. The first-order chi connectivity index (χ1) is 11.9. The minimum atomic E-state index is -0.808. The van der Waals surface area contributed by atoms with Crippen LogP contribution in [0, 0.1) is 18.3 Å². The average Bonchev–Trinajstić information content (AvgIpc) is 2.59. The number of aryl methyl sites for hydroxylation is 1. The van der Waals surface area contributed by atoms with Gasteiger partial charge >= 0.3 is 0 Å². The largest absolute Gasteiger partial charge is 0.493 e. The van der Waals surface area contributed by atoms with Crippen LogP contribution in [0.1, 0.15) is 16.7 Å². The number of primary amides is 1. The number of carbonyl (C=O) groups is 1. The lowest BCUT2D eigenvalue weighted by molar-refractivity contribution is -0.114. The Balaban J connectivity index is 2.29. The number of amides is 1. The molecule has 0 heterocycles. The van der Waals surface area contributed by atoms with Gasteiger partial charge in [0.15, 0.2) is 11.5 Å². The summed E-state index contributed by atoms with van der Waals surface area (Å²) >= 11 is 6.28. The summed E-state index contributed by atoms with van der Waals surface area (Å²) in [5.74, 6) is -0.0237. The van der Waals surface area contributed by atoms with Crippen LogP contribution >= 0.6 is 11.6 Å². The Morgan fingerprint density at radius 1 is 1.32 bits per heavy atom. The van der Waals surface area contributed by atoms with Gasteiger partial charge in [0.25, 0.3) is 5.91 Å². The topological polar surface area (TPSA) is 85.3 Å². The van der Waals surface area contributed by atoms with Crippen LogP contribution in [0.25, 0.3) is 6.08 Å². The Morgan fingerprint density at radius 3 is 2.56 bits per heavy atom. The maximum absolute atomic E-state index is 11.2.